The van der Waals surface area contributed by atoms with Crippen molar-refractivity contribution < 1.29 is 9.18 Å². The van der Waals surface area contributed by atoms with Gasteiger partial charge in [0.1, 0.15) is 11.6 Å². The maximum absolute atomic E-state index is 14.5. The minimum atomic E-state index is -0.135. The van der Waals surface area contributed by atoms with Crippen molar-refractivity contribution in [2.75, 3.05) is 5.32 Å². The Balaban J connectivity index is 1.50. The van der Waals surface area contributed by atoms with Crippen LogP contribution in [0, 0.1) is 23.6 Å². The fourth-order valence-corrected chi connectivity index (χ4v) is 4.93. The SMILES string of the molecule is CC(=O)Nc1ccc(CN[C@@H](c2ccccc2F)[C@H]2C[C@H]3CC[C@H]2C3)cn1. The molecule has 0 spiro atoms. The molecule has 4 rings (SSSR count). The van der Waals surface area contributed by atoms with E-state index in [2.05, 4.69) is 15.6 Å². The van der Waals surface area contributed by atoms with Crippen LogP contribution in [0.3, 0.4) is 0 Å². The van der Waals surface area contributed by atoms with E-state index in [0.29, 0.717) is 24.2 Å². The largest absolute Gasteiger partial charge is 0.311 e. The van der Waals surface area contributed by atoms with Gasteiger partial charge in [-0.15, -0.1) is 0 Å². The average Bonchev–Trinajstić information content (AvgIpc) is 3.28. The summed E-state index contributed by atoms with van der Waals surface area (Å²) in [6.07, 6.45) is 6.85. The summed E-state index contributed by atoms with van der Waals surface area (Å²) < 4.78 is 14.5. The first kappa shape index (κ1) is 18.1. The number of rotatable bonds is 6. The van der Waals surface area contributed by atoms with Crippen molar-refractivity contribution in [3.63, 3.8) is 0 Å². The summed E-state index contributed by atoms with van der Waals surface area (Å²) in [5.74, 6) is 2.29. The lowest BCUT2D eigenvalue weighted by Gasteiger charge is -2.32. The molecular formula is C22H26FN3O. The average molecular weight is 367 g/mol. The molecule has 0 unspecified atom stereocenters. The number of benzene rings is 1. The highest BCUT2D eigenvalue weighted by molar-refractivity contribution is 5.87. The van der Waals surface area contributed by atoms with E-state index in [9.17, 15) is 9.18 Å². The van der Waals surface area contributed by atoms with Gasteiger partial charge in [-0.05, 0) is 54.7 Å². The number of anilines is 1. The number of carbonyl (C=O) groups excluding carboxylic acids is 1. The number of pyridine rings is 1. The third-order valence-corrected chi connectivity index (χ3v) is 6.12. The fourth-order valence-electron chi connectivity index (χ4n) is 4.93. The molecule has 1 heterocycles. The predicted octanol–water partition coefficient (Wildman–Crippen LogP) is 4.45. The van der Waals surface area contributed by atoms with Gasteiger partial charge in [-0.25, -0.2) is 9.37 Å². The van der Waals surface area contributed by atoms with Crippen LogP contribution in [0.1, 0.15) is 49.8 Å². The Morgan fingerprint density at radius 2 is 2.07 bits per heavy atom. The molecule has 1 aromatic heterocycles. The molecule has 1 aromatic carbocycles. The van der Waals surface area contributed by atoms with Crippen LogP contribution >= 0.6 is 0 Å². The maximum Gasteiger partial charge on any atom is 0.222 e. The first-order valence-corrected chi connectivity index (χ1v) is 9.80. The molecule has 2 N–H and O–H groups in total. The summed E-state index contributed by atoms with van der Waals surface area (Å²) in [5, 5.41) is 6.29. The number of nitrogens with one attached hydrogen (secondary N) is 2. The Hall–Kier alpha value is -2.27. The van der Waals surface area contributed by atoms with E-state index < -0.39 is 0 Å². The third-order valence-electron chi connectivity index (χ3n) is 6.12. The van der Waals surface area contributed by atoms with E-state index in [1.807, 2.05) is 18.2 Å². The number of nitrogens with zero attached hydrogens (tertiary/aromatic N) is 1. The quantitative estimate of drug-likeness (QED) is 0.793. The van der Waals surface area contributed by atoms with Gasteiger partial charge in [0.2, 0.25) is 5.91 Å². The minimum absolute atomic E-state index is 0.0246. The molecule has 0 aliphatic heterocycles. The molecule has 2 aromatic rings. The zero-order valence-electron chi connectivity index (χ0n) is 15.6. The van der Waals surface area contributed by atoms with E-state index in [4.69, 9.17) is 0 Å². The van der Waals surface area contributed by atoms with Gasteiger partial charge in [0, 0.05) is 31.3 Å². The number of fused-ring (bicyclic) bond motifs is 2. The molecule has 4 atom stereocenters. The van der Waals surface area contributed by atoms with Crippen molar-refractivity contribution in [2.45, 2.75) is 45.2 Å². The molecule has 2 aliphatic carbocycles. The monoisotopic (exact) mass is 367 g/mol. The highest BCUT2D eigenvalue weighted by Crippen LogP contribution is 2.52. The van der Waals surface area contributed by atoms with Crippen LogP contribution in [-0.2, 0) is 11.3 Å². The molecule has 2 fully saturated rings. The second-order valence-corrected chi connectivity index (χ2v) is 7.95. The molecule has 142 valence electrons. The van der Waals surface area contributed by atoms with Gasteiger partial charge in [0.15, 0.2) is 0 Å². The highest BCUT2D eigenvalue weighted by Gasteiger charge is 2.43. The molecule has 2 aliphatic rings. The number of hydrogen-bond donors (Lipinski definition) is 2. The normalized spacial score (nSPS) is 24.7. The van der Waals surface area contributed by atoms with Gasteiger partial charge in [0.25, 0.3) is 0 Å². The van der Waals surface area contributed by atoms with Gasteiger partial charge >= 0.3 is 0 Å². The summed E-state index contributed by atoms with van der Waals surface area (Å²) in [6.45, 7) is 2.09. The van der Waals surface area contributed by atoms with E-state index in [1.54, 1.807) is 24.4 Å². The Bertz CT molecular complexity index is 807. The van der Waals surface area contributed by atoms with E-state index in [1.165, 1.54) is 32.6 Å². The van der Waals surface area contributed by atoms with Crippen LogP contribution in [0.5, 0.6) is 0 Å². The van der Waals surface area contributed by atoms with Gasteiger partial charge in [-0.2, -0.15) is 0 Å². The smallest absolute Gasteiger partial charge is 0.222 e. The van der Waals surface area contributed by atoms with Gasteiger partial charge < -0.3 is 10.6 Å². The number of aromatic nitrogens is 1. The standard InChI is InChI=1S/C22H26FN3O/c1-14(27)26-21-9-7-16(12-24-21)13-25-22(18-4-2-3-5-20(18)23)19-11-15-6-8-17(19)10-15/h2-5,7,9,12,15,17,19,22,25H,6,8,10-11,13H2,1H3,(H,24,26,27)/t15-,17-,19-,22-/m0/s1. The van der Waals surface area contributed by atoms with Crippen LogP contribution in [-0.4, -0.2) is 10.9 Å². The van der Waals surface area contributed by atoms with Crippen LogP contribution in [0.2, 0.25) is 0 Å². The fraction of sp³-hybridized carbons (Fsp3) is 0.455. The zero-order chi connectivity index (χ0) is 18.8. The molecule has 1 amide bonds. The molecular weight excluding hydrogens is 341 g/mol. The topological polar surface area (TPSA) is 54.0 Å². The van der Waals surface area contributed by atoms with Crippen LogP contribution in [0.4, 0.5) is 10.2 Å². The summed E-state index contributed by atoms with van der Waals surface area (Å²) in [4.78, 5) is 15.4. The van der Waals surface area contributed by atoms with Crippen molar-refractivity contribution in [2.24, 2.45) is 17.8 Å². The molecule has 0 saturated heterocycles. The number of halogens is 1. The van der Waals surface area contributed by atoms with Crippen LogP contribution < -0.4 is 10.6 Å². The van der Waals surface area contributed by atoms with Crippen LogP contribution in [0.25, 0.3) is 0 Å². The van der Waals surface area contributed by atoms with Gasteiger partial charge in [0.05, 0.1) is 0 Å². The van der Waals surface area contributed by atoms with Crippen molar-refractivity contribution in [1.29, 1.82) is 0 Å². The Labute approximate surface area is 159 Å². The molecule has 2 saturated carbocycles. The van der Waals surface area contributed by atoms with Gasteiger partial charge in [-0.3, -0.25) is 4.79 Å². The minimum Gasteiger partial charge on any atom is -0.311 e. The second kappa shape index (κ2) is 7.77. The predicted molar refractivity (Wildman–Crippen MR) is 103 cm³/mol. The Morgan fingerprint density at radius 1 is 1.22 bits per heavy atom. The number of hydrogen-bond acceptors (Lipinski definition) is 3. The lowest BCUT2D eigenvalue weighted by Crippen LogP contribution is -2.32. The number of carbonyl (C=O) groups is 1. The van der Waals surface area contributed by atoms with E-state index in [-0.39, 0.29) is 17.8 Å². The lowest BCUT2D eigenvalue weighted by atomic mass is 9.80. The molecule has 0 radical (unpaired) electrons. The Kier molecular flexibility index (Phi) is 5.21. The lowest BCUT2D eigenvalue weighted by molar-refractivity contribution is -0.114. The first-order chi connectivity index (χ1) is 13.1. The first-order valence-electron chi connectivity index (χ1n) is 9.80. The molecule has 27 heavy (non-hydrogen) atoms. The summed E-state index contributed by atoms with van der Waals surface area (Å²) in [5.41, 5.74) is 1.80. The molecule has 4 nitrogen and oxygen atoms in total. The summed E-state index contributed by atoms with van der Waals surface area (Å²) in [7, 11) is 0. The van der Waals surface area contributed by atoms with Crippen molar-refractivity contribution in [1.82, 2.24) is 10.3 Å². The van der Waals surface area contributed by atoms with Gasteiger partial charge in [-0.1, -0.05) is 30.7 Å². The van der Waals surface area contributed by atoms with E-state index in [0.717, 1.165) is 17.0 Å². The second-order valence-electron chi connectivity index (χ2n) is 7.95. The molecule has 5 heteroatoms. The third kappa shape index (κ3) is 4.03. The van der Waals surface area contributed by atoms with E-state index >= 15 is 0 Å². The zero-order valence-corrected chi connectivity index (χ0v) is 15.6. The Morgan fingerprint density at radius 3 is 2.70 bits per heavy atom. The molecule has 2 bridgehead atoms. The maximum atomic E-state index is 14.5. The van der Waals surface area contributed by atoms with Crippen LogP contribution in [0.15, 0.2) is 42.6 Å². The van der Waals surface area contributed by atoms with Crippen molar-refractivity contribution in [3.05, 3.63) is 59.5 Å². The number of amides is 1. The summed E-state index contributed by atoms with van der Waals surface area (Å²) in [6, 6.07) is 10.9. The summed E-state index contributed by atoms with van der Waals surface area (Å²) >= 11 is 0. The highest BCUT2D eigenvalue weighted by atomic mass is 19.1. The van der Waals surface area contributed by atoms with Crippen molar-refractivity contribution >= 4 is 11.7 Å². The van der Waals surface area contributed by atoms with Crippen molar-refractivity contribution in [3.8, 4) is 0 Å².